The molecule has 5 heteroatoms. The molecule has 0 unspecified atom stereocenters. The molecule has 5 nitrogen and oxygen atoms in total. The molecule has 2 rings (SSSR count). The van der Waals surface area contributed by atoms with Gasteiger partial charge in [-0.1, -0.05) is 66.7 Å². The molecule has 2 aromatic rings. The molecule has 3 atom stereocenters. The fourth-order valence-electron chi connectivity index (χ4n) is 2.45. The Morgan fingerprint density at radius 1 is 1.00 bits per heavy atom. The third-order valence-corrected chi connectivity index (χ3v) is 3.88. The summed E-state index contributed by atoms with van der Waals surface area (Å²) in [5, 5.41) is 10.3. The normalized spacial score (nSPS) is 14.2. The summed E-state index contributed by atoms with van der Waals surface area (Å²) in [5.41, 5.74) is 1.88. The van der Waals surface area contributed by atoms with E-state index in [-0.39, 0.29) is 6.61 Å². The Balaban J connectivity index is 2.08. The fourth-order valence-corrected chi connectivity index (χ4v) is 2.45. The molecule has 0 heterocycles. The van der Waals surface area contributed by atoms with E-state index in [9.17, 15) is 9.90 Å². The number of ether oxygens (including phenoxy) is 3. The van der Waals surface area contributed by atoms with Crippen molar-refractivity contribution < 1.29 is 24.1 Å². The van der Waals surface area contributed by atoms with E-state index < -0.39 is 24.3 Å². The number of methoxy groups -OCH3 is 1. The van der Waals surface area contributed by atoms with E-state index >= 15 is 0 Å². The maximum Gasteiger partial charge on any atom is 0.337 e. The van der Waals surface area contributed by atoms with Crippen molar-refractivity contribution >= 4 is 5.97 Å². The molecule has 0 amide bonds. The monoisotopic (exact) mass is 356 g/mol. The Labute approximate surface area is 153 Å². The molecule has 0 saturated heterocycles. The van der Waals surface area contributed by atoms with Gasteiger partial charge in [-0.3, -0.25) is 0 Å². The van der Waals surface area contributed by atoms with Crippen molar-refractivity contribution in [2.24, 2.45) is 0 Å². The highest BCUT2D eigenvalue weighted by atomic mass is 16.6. The fraction of sp³-hybridized carbons (Fsp3) is 0.286. The van der Waals surface area contributed by atoms with Crippen molar-refractivity contribution in [3.8, 4) is 0 Å². The minimum absolute atomic E-state index is 0.221. The predicted molar refractivity (Wildman–Crippen MR) is 98.3 cm³/mol. The van der Waals surface area contributed by atoms with E-state index in [1.165, 1.54) is 13.2 Å². The van der Waals surface area contributed by atoms with E-state index in [0.29, 0.717) is 6.61 Å². The van der Waals surface area contributed by atoms with Gasteiger partial charge in [0.05, 0.1) is 20.3 Å². The summed E-state index contributed by atoms with van der Waals surface area (Å²) in [4.78, 5) is 11.8. The largest absolute Gasteiger partial charge is 0.467 e. The van der Waals surface area contributed by atoms with E-state index in [0.717, 1.165) is 11.1 Å². The van der Waals surface area contributed by atoms with Gasteiger partial charge in [0.1, 0.15) is 12.2 Å². The Bertz CT molecular complexity index is 671. The lowest BCUT2D eigenvalue weighted by molar-refractivity contribution is -0.169. The zero-order valence-electron chi connectivity index (χ0n) is 14.8. The van der Waals surface area contributed by atoms with Crippen molar-refractivity contribution in [3.05, 3.63) is 84.4 Å². The van der Waals surface area contributed by atoms with E-state index in [4.69, 9.17) is 9.47 Å². The van der Waals surface area contributed by atoms with Crippen molar-refractivity contribution in [1.29, 1.82) is 0 Å². The average molecular weight is 356 g/mol. The lowest BCUT2D eigenvalue weighted by Crippen LogP contribution is -2.45. The van der Waals surface area contributed by atoms with Gasteiger partial charge < -0.3 is 19.3 Å². The molecule has 0 aliphatic carbocycles. The maximum absolute atomic E-state index is 11.8. The lowest BCUT2D eigenvalue weighted by atomic mass is 10.1. The first-order chi connectivity index (χ1) is 12.7. The molecule has 0 aliphatic heterocycles. The van der Waals surface area contributed by atoms with Gasteiger partial charge in [0, 0.05) is 0 Å². The molecule has 0 radical (unpaired) electrons. The van der Waals surface area contributed by atoms with Crippen molar-refractivity contribution in [2.75, 3.05) is 7.11 Å². The van der Waals surface area contributed by atoms with Crippen LogP contribution in [0.15, 0.2) is 73.3 Å². The Morgan fingerprint density at radius 3 is 1.96 bits per heavy atom. The molecule has 0 aromatic heterocycles. The minimum Gasteiger partial charge on any atom is -0.467 e. The molecule has 0 saturated carbocycles. The van der Waals surface area contributed by atoms with E-state index in [2.05, 4.69) is 11.3 Å². The van der Waals surface area contributed by atoms with Gasteiger partial charge >= 0.3 is 5.97 Å². The Morgan fingerprint density at radius 2 is 1.50 bits per heavy atom. The summed E-state index contributed by atoms with van der Waals surface area (Å²) >= 11 is 0. The number of hydrogen-bond donors (Lipinski definition) is 1. The van der Waals surface area contributed by atoms with Gasteiger partial charge in [-0.15, -0.1) is 6.58 Å². The van der Waals surface area contributed by atoms with Crippen molar-refractivity contribution in [2.45, 2.75) is 31.5 Å². The number of hydrogen-bond acceptors (Lipinski definition) is 5. The second kappa shape index (κ2) is 10.5. The van der Waals surface area contributed by atoms with E-state index in [1.54, 1.807) is 0 Å². The summed E-state index contributed by atoms with van der Waals surface area (Å²) < 4.78 is 16.3. The number of rotatable bonds is 10. The van der Waals surface area contributed by atoms with Crippen LogP contribution in [0.2, 0.25) is 0 Å². The van der Waals surface area contributed by atoms with E-state index in [1.807, 2.05) is 60.7 Å². The van der Waals surface area contributed by atoms with Crippen LogP contribution in [-0.4, -0.2) is 36.5 Å². The van der Waals surface area contributed by atoms with Crippen LogP contribution in [0.5, 0.6) is 0 Å². The van der Waals surface area contributed by atoms with Crippen LogP contribution in [0.4, 0.5) is 0 Å². The van der Waals surface area contributed by atoms with Crippen LogP contribution < -0.4 is 0 Å². The van der Waals surface area contributed by atoms with Gasteiger partial charge in [-0.2, -0.15) is 0 Å². The molecule has 138 valence electrons. The van der Waals surface area contributed by atoms with Gasteiger partial charge in [0.15, 0.2) is 6.10 Å². The van der Waals surface area contributed by atoms with Gasteiger partial charge in [-0.05, 0) is 11.1 Å². The minimum atomic E-state index is -1.48. The molecule has 2 aromatic carbocycles. The van der Waals surface area contributed by atoms with Gasteiger partial charge in [0.2, 0.25) is 0 Å². The summed E-state index contributed by atoms with van der Waals surface area (Å²) in [6, 6.07) is 19.1. The second-order valence-electron chi connectivity index (χ2n) is 5.73. The molecule has 0 aliphatic rings. The first kappa shape index (κ1) is 19.8. The first-order valence-electron chi connectivity index (χ1n) is 8.35. The zero-order chi connectivity index (χ0) is 18.8. The zero-order valence-corrected chi connectivity index (χ0v) is 14.8. The highest BCUT2D eigenvalue weighted by Crippen LogP contribution is 2.16. The van der Waals surface area contributed by atoms with Crippen LogP contribution in [-0.2, 0) is 32.2 Å². The highest BCUT2D eigenvalue weighted by Gasteiger charge is 2.34. The standard InChI is InChI=1S/C21H24O5/c1-3-18(25-14-16-10-6-4-7-11-16)20(19(22)21(23)24-2)26-15-17-12-8-5-9-13-17/h3-13,18-20,22H,1,14-15H2,2H3/t18-,19+,20+/m0/s1. The summed E-state index contributed by atoms with van der Waals surface area (Å²) in [6.07, 6.45) is -1.59. The van der Waals surface area contributed by atoms with Crippen LogP contribution in [0, 0.1) is 0 Å². The molecule has 0 bridgehead atoms. The number of aliphatic hydroxyl groups is 1. The van der Waals surface area contributed by atoms with Crippen molar-refractivity contribution in [1.82, 2.24) is 0 Å². The number of esters is 1. The molecular weight excluding hydrogens is 332 g/mol. The predicted octanol–water partition coefficient (Wildman–Crippen LogP) is 2.88. The number of aliphatic hydroxyl groups excluding tert-OH is 1. The van der Waals surface area contributed by atoms with Crippen LogP contribution in [0.25, 0.3) is 0 Å². The van der Waals surface area contributed by atoms with Crippen molar-refractivity contribution in [3.63, 3.8) is 0 Å². The lowest BCUT2D eigenvalue weighted by Gasteiger charge is -2.28. The molecule has 1 N–H and O–H groups in total. The highest BCUT2D eigenvalue weighted by molar-refractivity contribution is 5.75. The third kappa shape index (κ3) is 5.81. The maximum atomic E-state index is 11.8. The topological polar surface area (TPSA) is 65.0 Å². The number of carbonyl (C=O) groups is 1. The summed E-state index contributed by atoms with van der Waals surface area (Å²) in [5.74, 6) is -0.779. The van der Waals surface area contributed by atoms with Crippen LogP contribution >= 0.6 is 0 Å². The van der Waals surface area contributed by atoms with Gasteiger partial charge in [-0.25, -0.2) is 4.79 Å². The second-order valence-corrected chi connectivity index (χ2v) is 5.73. The Kier molecular flexibility index (Phi) is 8.02. The summed E-state index contributed by atoms with van der Waals surface area (Å²) in [6.45, 7) is 4.27. The SMILES string of the molecule is C=C[C@H](OCc1ccccc1)[C@@H](OCc1ccccc1)[C@@H](O)C(=O)OC. The third-order valence-electron chi connectivity index (χ3n) is 3.88. The van der Waals surface area contributed by atoms with Crippen LogP contribution in [0.1, 0.15) is 11.1 Å². The molecule has 0 spiro atoms. The molecule has 26 heavy (non-hydrogen) atoms. The number of carbonyl (C=O) groups excluding carboxylic acids is 1. The average Bonchev–Trinajstić information content (AvgIpc) is 2.70. The smallest absolute Gasteiger partial charge is 0.337 e. The molecule has 0 fully saturated rings. The summed E-state index contributed by atoms with van der Waals surface area (Å²) in [7, 11) is 1.22. The number of benzene rings is 2. The molecular formula is C21H24O5. The van der Waals surface area contributed by atoms with Crippen LogP contribution in [0.3, 0.4) is 0 Å². The quantitative estimate of drug-likeness (QED) is 0.524. The first-order valence-corrected chi connectivity index (χ1v) is 8.35. The van der Waals surface area contributed by atoms with Gasteiger partial charge in [0.25, 0.3) is 0 Å². The Hall–Kier alpha value is -2.47.